The van der Waals surface area contributed by atoms with Crippen molar-refractivity contribution in [1.29, 1.82) is 0 Å². The van der Waals surface area contributed by atoms with Crippen molar-refractivity contribution in [3.05, 3.63) is 0 Å². The van der Waals surface area contributed by atoms with Gasteiger partial charge in [-0.3, -0.25) is 9.69 Å². The second kappa shape index (κ2) is 9.32. The van der Waals surface area contributed by atoms with Crippen LogP contribution in [0.4, 0.5) is 0 Å². The fraction of sp³-hybridized carbons (Fsp3) is 0.933. The number of likely N-dealkylation sites (N-methyl/N-ethyl adjacent to an activating group) is 1. The molecule has 0 aromatic heterocycles. The van der Waals surface area contributed by atoms with Crippen molar-refractivity contribution in [2.75, 3.05) is 46.8 Å². The highest BCUT2D eigenvalue weighted by molar-refractivity contribution is 5.77. The Hall–Kier alpha value is -0.610. The van der Waals surface area contributed by atoms with Crippen LogP contribution in [0.25, 0.3) is 0 Å². The summed E-state index contributed by atoms with van der Waals surface area (Å²) in [6, 6.07) is 0. The summed E-state index contributed by atoms with van der Waals surface area (Å²) in [5.41, 5.74) is 0. The van der Waals surface area contributed by atoms with E-state index in [1.54, 1.807) is 7.05 Å². The van der Waals surface area contributed by atoms with Gasteiger partial charge in [-0.25, -0.2) is 0 Å². The lowest BCUT2D eigenvalue weighted by Gasteiger charge is -2.33. The van der Waals surface area contributed by atoms with Gasteiger partial charge in [-0.05, 0) is 51.9 Å². The predicted octanol–water partition coefficient (Wildman–Crippen LogP) is 1.57. The van der Waals surface area contributed by atoms with E-state index in [4.69, 9.17) is 0 Å². The van der Waals surface area contributed by atoms with Gasteiger partial charge in [0.25, 0.3) is 0 Å². The number of hydrogen-bond acceptors (Lipinski definition) is 3. The van der Waals surface area contributed by atoms with Crippen LogP contribution in [-0.4, -0.2) is 62.5 Å². The fourth-order valence-electron chi connectivity index (χ4n) is 2.77. The second-order valence-corrected chi connectivity index (χ2v) is 5.86. The number of nitrogens with zero attached hydrogens (tertiary/aromatic N) is 2. The van der Waals surface area contributed by atoms with Gasteiger partial charge >= 0.3 is 0 Å². The second-order valence-electron chi connectivity index (χ2n) is 5.86. The van der Waals surface area contributed by atoms with E-state index in [9.17, 15) is 4.79 Å². The maximum Gasteiger partial charge on any atom is 0.233 e. The Labute approximate surface area is 118 Å². The van der Waals surface area contributed by atoms with E-state index in [0.29, 0.717) is 6.54 Å². The minimum atomic E-state index is 0.134. The van der Waals surface area contributed by atoms with Crippen molar-refractivity contribution < 1.29 is 4.79 Å². The van der Waals surface area contributed by atoms with Crippen LogP contribution in [0.3, 0.4) is 0 Å². The van der Waals surface area contributed by atoms with E-state index in [1.807, 2.05) is 0 Å². The third-order valence-corrected chi connectivity index (χ3v) is 4.07. The Bertz CT molecular complexity index is 250. The molecule has 0 saturated carbocycles. The molecule has 0 aliphatic carbocycles. The van der Waals surface area contributed by atoms with Gasteiger partial charge in [-0.15, -0.1) is 0 Å². The van der Waals surface area contributed by atoms with Gasteiger partial charge in [-0.2, -0.15) is 0 Å². The number of unbranched alkanes of at least 4 members (excludes halogenated alkanes) is 2. The molecule has 1 heterocycles. The number of rotatable bonds is 8. The minimum absolute atomic E-state index is 0.134. The molecular weight excluding hydrogens is 238 g/mol. The highest BCUT2D eigenvalue weighted by atomic mass is 16.1. The molecule has 1 N–H and O–H groups in total. The molecule has 19 heavy (non-hydrogen) atoms. The first kappa shape index (κ1) is 16.4. The maximum atomic E-state index is 11.3. The summed E-state index contributed by atoms with van der Waals surface area (Å²) in [4.78, 5) is 16.1. The molecule has 1 aliphatic rings. The van der Waals surface area contributed by atoms with Crippen LogP contribution in [0, 0.1) is 5.92 Å². The zero-order valence-electron chi connectivity index (χ0n) is 13.0. The van der Waals surface area contributed by atoms with E-state index in [1.165, 1.54) is 45.2 Å². The van der Waals surface area contributed by atoms with E-state index in [0.717, 1.165) is 19.0 Å². The van der Waals surface area contributed by atoms with E-state index in [2.05, 4.69) is 29.1 Å². The molecule has 0 radical (unpaired) electrons. The van der Waals surface area contributed by atoms with Crippen LogP contribution in [0.15, 0.2) is 0 Å². The number of hydrogen-bond donors (Lipinski definition) is 1. The lowest BCUT2D eigenvalue weighted by atomic mass is 9.96. The molecule has 1 saturated heterocycles. The zero-order valence-corrected chi connectivity index (χ0v) is 13.0. The number of carbonyl (C=O) groups excluding carboxylic acids is 1. The summed E-state index contributed by atoms with van der Waals surface area (Å²) in [7, 11) is 3.95. The van der Waals surface area contributed by atoms with Crippen molar-refractivity contribution in [3.8, 4) is 0 Å². The Kier molecular flexibility index (Phi) is 8.07. The van der Waals surface area contributed by atoms with Gasteiger partial charge in [0.15, 0.2) is 0 Å². The predicted molar refractivity (Wildman–Crippen MR) is 80.3 cm³/mol. The fourth-order valence-corrected chi connectivity index (χ4v) is 2.77. The lowest BCUT2D eigenvalue weighted by Crippen LogP contribution is -2.42. The summed E-state index contributed by atoms with van der Waals surface area (Å²) >= 11 is 0. The van der Waals surface area contributed by atoms with Gasteiger partial charge < -0.3 is 10.2 Å². The normalized spacial score (nSPS) is 17.9. The van der Waals surface area contributed by atoms with Gasteiger partial charge in [0, 0.05) is 13.6 Å². The molecule has 4 nitrogen and oxygen atoms in total. The molecule has 1 amide bonds. The van der Waals surface area contributed by atoms with E-state index < -0.39 is 0 Å². The Morgan fingerprint density at radius 2 is 2.00 bits per heavy atom. The van der Waals surface area contributed by atoms with Crippen molar-refractivity contribution in [2.45, 2.75) is 39.0 Å². The molecule has 0 aromatic rings. The van der Waals surface area contributed by atoms with Crippen molar-refractivity contribution in [3.63, 3.8) is 0 Å². The third-order valence-electron chi connectivity index (χ3n) is 4.07. The van der Waals surface area contributed by atoms with Crippen LogP contribution in [0.1, 0.15) is 39.0 Å². The molecule has 0 atom stereocenters. The number of nitrogens with one attached hydrogen (secondary N) is 1. The summed E-state index contributed by atoms with van der Waals surface area (Å²) in [6.45, 7) is 7.41. The van der Waals surface area contributed by atoms with Crippen LogP contribution in [0.2, 0.25) is 0 Å². The molecule has 0 unspecified atom stereocenters. The SMILES string of the molecule is CCCCCN(C)CC1CCN(CC(=O)NC)CC1. The Morgan fingerprint density at radius 3 is 2.58 bits per heavy atom. The molecule has 1 fully saturated rings. The van der Waals surface area contributed by atoms with Crippen LogP contribution >= 0.6 is 0 Å². The van der Waals surface area contributed by atoms with Crippen molar-refractivity contribution in [1.82, 2.24) is 15.1 Å². The van der Waals surface area contributed by atoms with Crippen molar-refractivity contribution in [2.24, 2.45) is 5.92 Å². The Balaban J connectivity index is 2.13. The minimum Gasteiger partial charge on any atom is -0.358 e. The smallest absolute Gasteiger partial charge is 0.233 e. The highest BCUT2D eigenvalue weighted by Crippen LogP contribution is 2.18. The number of likely N-dealkylation sites (tertiary alicyclic amines) is 1. The molecule has 0 bridgehead atoms. The van der Waals surface area contributed by atoms with Crippen LogP contribution < -0.4 is 5.32 Å². The molecule has 1 rings (SSSR count). The zero-order chi connectivity index (χ0) is 14.1. The third kappa shape index (κ3) is 6.92. The summed E-state index contributed by atoms with van der Waals surface area (Å²) in [5.74, 6) is 0.947. The molecule has 4 heteroatoms. The molecule has 1 aliphatic heterocycles. The first-order valence-electron chi connectivity index (χ1n) is 7.77. The van der Waals surface area contributed by atoms with Gasteiger partial charge in [0.05, 0.1) is 6.54 Å². The van der Waals surface area contributed by atoms with Crippen LogP contribution in [-0.2, 0) is 4.79 Å². The monoisotopic (exact) mass is 269 g/mol. The summed E-state index contributed by atoms with van der Waals surface area (Å²) in [6.07, 6.45) is 6.42. The Morgan fingerprint density at radius 1 is 1.32 bits per heavy atom. The highest BCUT2D eigenvalue weighted by Gasteiger charge is 2.21. The first-order valence-corrected chi connectivity index (χ1v) is 7.77. The van der Waals surface area contributed by atoms with Gasteiger partial charge in [-0.1, -0.05) is 19.8 Å². The number of amides is 1. The number of carbonyl (C=O) groups is 1. The number of piperidine rings is 1. The largest absolute Gasteiger partial charge is 0.358 e. The molecule has 112 valence electrons. The lowest BCUT2D eigenvalue weighted by molar-refractivity contribution is -0.122. The van der Waals surface area contributed by atoms with Crippen molar-refractivity contribution >= 4 is 5.91 Å². The molecule has 0 aromatic carbocycles. The molecular formula is C15H31N3O. The summed E-state index contributed by atoms with van der Waals surface area (Å²) < 4.78 is 0. The summed E-state index contributed by atoms with van der Waals surface area (Å²) in [5, 5.41) is 2.70. The van der Waals surface area contributed by atoms with E-state index in [-0.39, 0.29) is 5.91 Å². The van der Waals surface area contributed by atoms with E-state index >= 15 is 0 Å². The average molecular weight is 269 g/mol. The maximum absolute atomic E-state index is 11.3. The van der Waals surface area contributed by atoms with Gasteiger partial charge in [0.2, 0.25) is 5.91 Å². The average Bonchev–Trinajstić information content (AvgIpc) is 2.41. The quantitative estimate of drug-likeness (QED) is 0.679. The van der Waals surface area contributed by atoms with Crippen LogP contribution in [0.5, 0.6) is 0 Å². The standard InChI is InChI=1S/C15H31N3O/c1-4-5-6-9-17(3)12-14-7-10-18(11-8-14)13-15(19)16-2/h14H,4-13H2,1-3H3,(H,16,19). The first-order chi connectivity index (χ1) is 9.15. The topological polar surface area (TPSA) is 35.6 Å². The molecule has 0 spiro atoms. The van der Waals surface area contributed by atoms with Gasteiger partial charge in [0.1, 0.15) is 0 Å².